The Hall–Kier alpha value is -2.20. The second-order valence-electron chi connectivity index (χ2n) is 5.37. The Kier molecular flexibility index (Phi) is 4.72. The summed E-state index contributed by atoms with van der Waals surface area (Å²) in [5, 5.41) is 5.04. The maximum absolute atomic E-state index is 13.3. The number of benzene rings is 3. The first-order chi connectivity index (χ1) is 11.1. The van der Waals surface area contributed by atoms with Crippen LogP contribution >= 0.6 is 15.9 Å². The number of carbonyl (C=O) groups is 1. The topological polar surface area (TPSA) is 29.1 Å². The molecule has 0 saturated carbocycles. The Morgan fingerprint density at radius 2 is 1.83 bits per heavy atom. The fourth-order valence-electron chi connectivity index (χ4n) is 2.60. The molecule has 0 aliphatic carbocycles. The molecule has 116 valence electrons. The summed E-state index contributed by atoms with van der Waals surface area (Å²) in [6, 6.07) is 18.5. The van der Waals surface area contributed by atoms with E-state index < -0.39 is 0 Å². The molecule has 0 spiro atoms. The van der Waals surface area contributed by atoms with Crippen molar-refractivity contribution in [3.8, 4) is 0 Å². The van der Waals surface area contributed by atoms with E-state index in [0.29, 0.717) is 17.4 Å². The monoisotopic (exact) mass is 371 g/mol. The molecule has 3 aromatic rings. The van der Waals surface area contributed by atoms with Gasteiger partial charge in [0.2, 0.25) is 5.91 Å². The van der Waals surface area contributed by atoms with E-state index in [1.807, 2.05) is 42.5 Å². The van der Waals surface area contributed by atoms with E-state index in [-0.39, 0.29) is 11.7 Å². The van der Waals surface area contributed by atoms with Crippen molar-refractivity contribution in [2.45, 2.75) is 13.0 Å². The van der Waals surface area contributed by atoms with Crippen LogP contribution in [0.5, 0.6) is 0 Å². The number of fused-ring (bicyclic) bond motifs is 1. The van der Waals surface area contributed by atoms with E-state index in [1.54, 1.807) is 6.07 Å². The highest BCUT2D eigenvalue weighted by Crippen LogP contribution is 2.19. The largest absolute Gasteiger partial charge is 0.352 e. The smallest absolute Gasteiger partial charge is 0.224 e. The number of hydrogen-bond acceptors (Lipinski definition) is 1. The summed E-state index contributed by atoms with van der Waals surface area (Å²) in [7, 11) is 0. The Labute approximate surface area is 142 Å². The molecule has 0 atom stereocenters. The molecule has 1 N–H and O–H groups in total. The van der Waals surface area contributed by atoms with Gasteiger partial charge in [0.15, 0.2) is 0 Å². The SMILES string of the molecule is O=C(Cc1cccc2ccccc12)NCc1cc(F)cc(Br)c1. The maximum atomic E-state index is 13.3. The molecule has 3 rings (SSSR count). The van der Waals surface area contributed by atoms with Crippen LogP contribution in [0.1, 0.15) is 11.1 Å². The first-order valence-corrected chi connectivity index (χ1v) is 8.09. The highest BCUT2D eigenvalue weighted by atomic mass is 79.9. The van der Waals surface area contributed by atoms with Crippen LogP contribution < -0.4 is 5.32 Å². The molecule has 0 heterocycles. The zero-order valence-electron chi connectivity index (χ0n) is 12.4. The lowest BCUT2D eigenvalue weighted by Gasteiger charge is -2.08. The third-order valence-electron chi connectivity index (χ3n) is 3.64. The maximum Gasteiger partial charge on any atom is 0.224 e. The number of halogens is 2. The van der Waals surface area contributed by atoms with Crippen LogP contribution in [0.3, 0.4) is 0 Å². The molecule has 0 bridgehead atoms. The first kappa shape index (κ1) is 15.7. The number of amides is 1. The molecular formula is C19H15BrFNO. The minimum Gasteiger partial charge on any atom is -0.352 e. The summed E-state index contributed by atoms with van der Waals surface area (Å²) in [6.45, 7) is 0.306. The highest BCUT2D eigenvalue weighted by molar-refractivity contribution is 9.10. The van der Waals surface area contributed by atoms with E-state index >= 15 is 0 Å². The van der Waals surface area contributed by atoms with E-state index in [4.69, 9.17) is 0 Å². The second kappa shape index (κ2) is 6.92. The van der Waals surface area contributed by atoms with Crippen molar-refractivity contribution < 1.29 is 9.18 Å². The standard InChI is InChI=1S/C19H15BrFNO/c20-16-8-13(9-17(21)11-16)12-22-19(23)10-15-6-3-5-14-4-1-2-7-18(14)15/h1-9,11H,10,12H2,(H,22,23). The van der Waals surface area contributed by atoms with Crippen molar-refractivity contribution in [3.63, 3.8) is 0 Å². The van der Waals surface area contributed by atoms with Crippen LogP contribution in [0.4, 0.5) is 4.39 Å². The van der Waals surface area contributed by atoms with Gasteiger partial charge in [-0.25, -0.2) is 4.39 Å². The van der Waals surface area contributed by atoms with Crippen LogP contribution in [0.15, 0.2) is 65.1 Å². The molecule has 1 amide bonds. The zero-order valence-corrected chi connectivity index (χ0v) is 13.9. The van der Waals surface area contributed by atoms with Crippen LogP contribution in [-0.4, -0.2) is 5.91 Å². The van der Waals surface area contributed by atoms with E-state index in [9.17, 15) is 9.18 Å². The fourth-order valence-corrected chi connectivity index (χ4v) is 3.11. The summed E-state index contributed by atoms with van der Waals surface area (Å²) < 4.78 is 14.0. The molecule has 0 saturated heterocycles. The van der Waals surface area contributed by atoms with Crippen molar-refractivity contribution in [1.82, 2.24) is 5.32 Å². The van der Waals surface area contributed by atoms with Gasteiger partial charge in [-0.1, -0.05) is 58.4 Å². The predicted octanol–water partition coefficient (Wildman–Crippen LogP) is 4.60. The van der Waals surface area contributed by atoms with Crippen molar-refractivity contribution in [1.29, 1.82) is 0 Å². The van der Waals surface area contributed by atoms with Gasteiger partial charge in [0.1, 0.15) is 5.82 Å². The Bertz CT molecular complexity index is 837. The van der Waals surface area contributed by atoms with E-state index in [1.165, 1.54) is 12.1 Å². The molecule has 0 radical (unpaired) electrons. The van der Waals surface area contributed by atoms with E-state index in [0.717, 1.165) is 21.9 Å². The zero-order chi connectivity index (χ0) is 16.2. The van der Waals surface area contributed by atoms with Gasteiger partial charge < -0.3 is 5.32 Å². The van der Waals surface area contributed by atoms with Gasteiger partial charge in [-0.3, -0.25) is 4.79 Å². The predicted molar refractivity (Wildman–Crippen MR) is 93.6 cm³/mol. The summed E-state index contributed by atoms with van der Waals surface area (Å²) in [6.07, 6.45) is 0.303. The minimum atomic E-state index is -0.322. The highest BCUT2D eigenvalue weighted by Gasteiger charge is 2.07. The average Bonchev–Trinajstić information content (AvgIpc) is 2.52. The molecule has 0 fully saturated rings. The number of nitrogens with one attached hydrogen (secondary N) is 1. The van der Waals surface area contributed by atoms with Crippen LogP contribution in [0, 0.1) is 5.82 Å². The molecule has 0 aromatic heterocycles. The van der Waals surface area contributed by atoms with Gasteiger partial charge in [-0.2, -0.15) is 0 Å². The number of hydrogen-bond donors (Lipinski definition) is 1. The number of rotatable bonds is 4. The quantitative estimate of drug-likeness (QED) is 0.713. The Morgan fingerprint density at radius 3 is 2.65 bits per heavy atom. The van der Waals surface area contributed by atoms with Gasteiger partial charge in [-0.05, 0) is 40.1 Å². The van der Waals surface area contributed by atoms with Gasteiger partial charge in [-0.15, -0.1) is 0 Å². The van der Waals surface area contributed by atoms with Crippen molar-refractivity contribution in [3.05, 3.63) is 82.1 Å². The van der Waals surface area contributed by atoms with Crippen LogP contribution in [-0.2, 0) is 17.8 Å². The van der Waals surface area contributed by atoms with Gasteiger partial charge in [0.05, 0.1) is 6.42 Å². The molecule has 0 unspecified atom stereocenters. The van der Waals surface area contributed by atoms with Gasteiger partial charge in [0, 0.05) is 11.0 Å². The van der Waals surface area contributed by atoms with Gasteiger partial charge >= 0.3 is 0 Å². The molecular weight excluding hydrogens is 357 g/mol. The minimum absolute atomic E-state index is 0.0817. The lowest BCUT2D eigenvalue weighted by molar-refractivity contribution is -0.120. The summed E-state index contributed by atoms with van der Waals surface area (Å²) in [5.41, 5.74) is 1.71. The lowest BCUT2D eigenvalue weighted by Crippen LogP contribution is -2.24. The number of carbonyl (C=O) groups excluding carboxylic acids is 1. The second-order valence-corrected chi connectivity index (χ2v) is 6.29. The summed E-state index contributed by atoms with van der Waals surface area (Å²) in [5.74, 6) is -0.403. The van der Waals surface area contributed by atoms with E-state index in [2.05, 4.69) is 21.2 Å². The Balaban J connectivity index is 1.69. The normalized spacial score (nSPS) is 10.7. The molecule has 4 heteroatoms. The Morgan fingerprint density at radius 1 is 1.04 bits per heavy atom. The third-order valence-corrected chi connectivity index (χ3v) is 4.10. The molecule has 23 heavy (non-hydrogen) atoms. The van der Waals surface area contributed by atoms with Crippen molar-refractivity contribution in [2.24, 2.45) is 0 Å². The summed E-state index contributed by atoms with van der Waals surface area (Å²) in [4.78, 5) is 12.2. The molecule has 0 aliphatic heterocycles. The molecule has 3 aromatic carbocycles. The van der Waals surface area contributed by atoms with Crippen LogP contribution in [0.2, 0.25) is 0 Å². The average molecular weight is 372 g/mol. The first-order valence-electron chi connectivity index (χ1n) is 7.30. The van der Waals surface area contributed by atoms with Gasteiger partial charge in [0.25, 0.3) is 0 Å². The summed E-state index contributed by atoms with van der Waals surface area (Å²) >= 11 is 3.25. The van der Waals surface area contributed by atoms with Crippen LogP contribution in [0.25, 0.3) is 10.8 Å². The van der Waals surface area contributed by atoms with Crippen molar-refractivity contribution >= 4 is 32.6 Å². The molecule has 2 nitrogen and oxygen atoms in total. The fraction of sp³-hybridized carbons (Fsp3) is 0.105. The lowest BCUT2D eigenvalue weighted by atomic mass is 10.0. The van der Waals surface area contributed by atoms with Crippen molar-refractivity contribution in [2.75, 3.05) is 0 Å². The molecule has 0 aliphatic rings. The third kappa shape index (κ3) is 3.96.